The number of amides is 2. The third-order valence-electron chi connectivity index (χ3n) is 3.34. The van der Waals surface area contributed by atoms with Crippen LogP contribution in [0.4, 0.5) is 4.79 Å². The van der Waals surface area contributed by atoms with Gasteiger partial charge >= 0.3 is 6.03 Å². The molecular weight excluding hydrogens is 292 g/mol. The summed E-state index contributed by atoms with van der Waals surface area (Å²) in [6.45, 7) is 6.91. The summed E-state index contributed by atoms with van der Waals surface area (Å²) in [5, 5.41) is 5.73. The third kappa shape index (κ3) is 15.6. The number of nitrogens with zero attached hydrogens (tertiary/aromatic N) is 2. The standard InChI is InChI=1S/C17H37N4O2/c1-7-15-23-16-14-21(5,6)13-9-11-19-17(22)18-10-8-12-20(2,3)4/h9,13H,7-8,10-12,14-16H2,1-6H3,(H-,18,19,22)/q+1/p+1/b13-9+. The first-order chi connectivity index (χ1) is 10.7. The Morgan fingerprint density at radius 3 is 2.35 bits per heavy atom. The van der Waals surface area contributed by atoms with Crippen molar-refractivity contribution >= 4 is 6.03 Å². The quantitative estimate of drug-likeness (QED) is 0.420. The number of carbonyl (C=O) groups excluding carboxylic acids is 1. The van der Waals surface area contributed by atoms with Crippen LogP contribution in [-0.4, -0.2) is 89.6 Å². The number of urea groups is 1. The second-order valence-electron chi connectivity index (χ2n) is 7.50. The van der Waals surface area contributed by atoms with Crippen LogP contribution >= 0.6 is 0 Å². The smallest absolute Gasteiger partial charge is 0.315 e. The van der Waals surface area contributed by atoms with Crippen LogP contribution in [-0.2, 0) is 4.74 Å². The van der Waals surface area contributed by atoms with Crippen LogP contribution in [0.25, 0.3) is 0 Å². The number of ether oxygens (including phenoxy) is 1. The van der Waals surface area contributed by atoms with Gasteiger partial charge in [0.15, 0.2) is 0 Å². The summed E-state index contributed by atoms with van der Waals surface area (Å²) in [6, 6.07) is -0.104. The molecule has 0 heterocycles. The Morgan fingerprint density at radius 2 is 1.74 bits per heavy atom. The second-order valence-corrected chi connectivity index (χ2v) is 7.50. The minimum absolute atomic E-state index is 0.104. The zero-order chi connectivity index (χ0) is 17.8. The van der Waals surface area contributed by atoms with Crippen LogP contribution in [0.2, 0.25) is 0 Å². The predicted molar refractivity (Wildman–Crippen MR) is 96.1 cm³/mol. The maximum absolute atomic E-state index is 11.6. The van der Waals surface area contributed by atoms with Gasteiger partial charge in [-0.15, -0.1) is 0 Å². The first-order valence-electron chi connectivity index (χ1n) is 8.56. The molecule has 6 nitrogen and oxygen atoms in total. The van der Waals surface area contributed by atoms with Crippen LogP contribution in [0.15, 0.2) is 12.3 Å². The van der Waals surface area contributed by atoms with Gasteiger partial charge in [0.1, 0.15) is 6.54 Å². The molecule has 0 aliphatic rings. The predicted octanol–water partition coefficient (Wildman–Crippen LogP) is 1.40. The molecule has 0 rings (SSSR count). The largest absolute Gasteiger partial charge is 0.376 e. The number of rotatable bonds is 12. The van der Waals surface area contributed by atoms with Gasteiger partial charge in [-0.2, -0.15) is 0 Å². The molecule has 0 fully saturated rings. The highest BCUT2D eigenvalue weighted by Crippen LogP contribution is 1.98. The molecule has 0 aromatic rings. The molecular formula is C17H38N4O2+2. The first-order valence-corrected chi connectivity index (χ1v) is 8.56. The van der Waals surface area contributed by atoms with Gasteiger partial charge in [0.2, 0.25) is 0 Å². The average molecular weight is 331 g/mol. The van der Waals surface area contributed by atoms with E-state index in [-0.39, 0.29) is 6.03 Å². The molecule has 0 atom stereocenters. The fraction of sp³-hybridized carbons (Fsp3) is 0.824. The summed E-state index contributed by atoms with van der Waals surface area (Å²) < 4.78 is 7.18. The molecule has 0 bridgehead atoms. The Bertz CT molecular complexity index is 349. The summed E-state index contributed by atoms with van der Waals surface area (Å²) in [5.41, 5.74) is 0. The van der Waals surface area contributed by atoms with E-state index in [9.17, 15) is 4.79 Å². The van der Waals surface area contributed by atoms with Gasteiger partial charge in [-0.25, -0.2) is 4.79 Å². The molecule has 136 valence electrons. The van der Waals surface area contributed by atoms with Crippen molar-refractivity contribution in [1.82, 2.24) is 10.6 Å². The van der Waals surface area contributed by atoms with Gasteiger partial charge in [-0.3, -0.25) is 0 Å². The maximum Gasteiger partial charge on any atom is 0.315 e. The zero-order valence-corrected chi connectivity index (χ0v) is 16.0. The van der Waals surface area contributed by atoms with Crippen LogP contribution < -0.4 is 10.6 Å². The fourth-order valence-electron chi connectivity index (χ4n) is 1.93. The molecule has 0 saturated heterocycles. The highest BCUT2D eigenvalue weighted by molar-refractivity contribution is 5.73. The molecule has 0 aromatic heterocycles. The summed E-state index contributed by atoms with van der Waals surface area (Å²) in [6.07, 6.45) is 6.11. The third-order valence-corrected chi connectivity index (χ3v) is 3.34. The van der Waals surface area contributed by atoms with Crippen LogP contribution in [0, 0.1) is 0 Å². The summed E-state index contributed by atoms with van der Waals surface area (Å²) in [4.78, 5) is 11.6. The topological polar surface area (TPSA) is 50.4 Å². The summed E-state index contributed by atoms with van der Waals surface area (Å²) >= 11 is 0. The normalized spacial score (nSPS) is 12.6. The maximum atomic E-state index is 11.6. The highest BCUT2D eigenvalue weighted by Gasteiger charge is 2.10. The number of nitrogens with one attached hydrogen (secondary N) is 2. The van der Waals surface area contributed by atoms with E-state index >= 15 is 0 Å². The minimum atomic E-state index is -0.104. The van der Waals surface area contributed by atoms with Gasteiger partial charge in [-0.1, -0.05) is 6.92 Å². The van der Waals surface area contributed by atoms with Gasteiger partial charge in [0, 0.05) is 26.1 Å². The van der Waals surface area contributed by atoms with Crippen molar-refractivity contribution in [2.24, 2.45) is 0 Å². The molecule has 2 amide bonds. The molecule has 23 heavy (non-hydrogen) atoms. The molecule has 0 radical (unpaired) electrons. The molecule has 2 N–H and O–H groups in total. The number of likely N-dealkylation sites (N-methyl/N-ethyl adjacent to an activating group) is 1. The van der Waals surface area contributed by atoms with E-state index in [2.05, 4.69) is 59.0 Å². The van der Waals surface area contributed by atoms with E-state index in [0.717, 1.165) is 48.1 Å². The monoisotopic (exact) mass is 330 g/mol. The molecule has 0 aromatic carbocycles. The van der Waals surface area contributed by atoms with E-state index in [1.165, 1.54) is 0 Å². The molecule has 0 spiro atoms. The van der Waals surface area contributed by atoms with Crippen LogP contribution in [0.1, 0.15) is 19.8 Å². The zero-order valence-electron chi connectivity index (χ0n) is 16.0. The fourth-order valence-corrected chi connectivity index (χ4v) is 1.93. The number of carbonyl (C=O) groups is 1. The lowest BCUT2D eigenvalue weighted by molar-refractivity contribution is -0.870. The van der Waals surface area contributed by atoms with Crippen molar-refractivity contribution in [3.63, 3.8) is 0 Å². The first kappa shape index (κ1) is 21.9. The Morgan fingerprint density at radius 1 is 1.04 bits per heavy atom. The summed E-state index contributed by atoms with van der Waals surface area (Å²) in [5.74, 6) is 0. The van der Waals surface area contributed by atoms with Crippen molar-refractivity contribution in [3.8, 4) is 0 Å². The Hall–Kier alpha value is -1.11. The van der Waals surface area contributed by atoms with E-state index in [0.29, 0.717) is 13.1 Å². The van der Waals surface area contributed by atoms with Gasteiger partial charge in [0.05, 0.1) is 54.6 Å². The van der Waals surface area contributed by atoms with Crippen molar-refractivity contribution in [3.05, 3.63) is 12.3 Å². The van der Waals surface area contributed by atoms with Gasteiger partial charge < -0.3 is 24.3 Å². The lowest BCUT2D eigenvalue weighted by atomic mass is 10.4. The minimum Gasteiger partial charge on any atom is -0.376 e. The Balaban J connectivity index is 3.76. The molecule has 0 unspecified atom stereocenters. The number of hydrogen-bond donors (Lipinski definition) is 2. The average Bonchev–Trinajstić information content (AvgIpc) is 2.44. The van der Waals surface area contributed by atoms with E-state index in [1.807, 2.05) is 6.08 Å². The van der Waals surface area contributed by atoms with Crippen molar-refractivity contribution < 1.29 is 18.5 Å². The van der Waals surface area contributed by atoms with Crippen molar-refractivity contribution in [2.75, 3.05) is 74.6 Å². The number of hydrogen-bond acceptors (Lipinski definition) is 2. The molecule has 0 saturated carbocycles. The lowest BCUT2D eigenvalue weighted by Gasteiger charge is -2.24. The summed E-state index contributed by atoms with van der Waals surface area (Å²) in [7, 11) is 10.7. The van der Waals surface area contributed by atoms with Gasteiger partial charge in [-0.05, 0) is 12.5 Å². The van der Waals surface area contributed by atoms with Crippen LogP contribution in [0.3, 0.4) is 0 Å². The van der Waals surface area contributed by atoms with Gasteiger partial charge in [0.25, 0.3) is 0 Å². The van der Waals surface area contributed by atoms with Crippen molar-refractivity contribution in [1.29, 1.82) is 0 Å². The van der Waals surface area contributed by atoms with Crippen LogP contribution in [0.5, 0.6) is 0 Å². The molecule has 0 aliphatic heterocycles. The van der Waals surface area contributed by atoms with E-state index in [4.69, 9.17) is 4.74 Å². The molecule has 0 aliphatic carbocycles. The lowest BCUT2D eigenvalue weighted by Crippen LogP contribution is -2.40. The van der Waals surface area contributed by atoms with Crippen molar-refractivity contribution in [2.45, 2.75) is 19.8 Å². The number of quaternary nitrogens is 2. The SMILES string of the molecule is CCCOCC[N+](C)(C)/C=C/CNC(=O)NCCC[N+](C)(C)C. The van der Waals surface area contributed by atoms with E-state index in [1.54, 1.807) is 0 Å². The Kier molecular flexibility index (Phi) is 10.9. The van der Waals surface area contributed by atoms with E-state index < -0.39 is 0 Å². The molecule has 6 heteroatoms. The Labute approximate surface area is 142 Å². The second kappa shape index (κ2) is 11.4. The highest BCUT2D eigenvalue weighted by atomic mass is 16.5.